The molecule has 0 saturated heterocycles. The molecule has 0 radical (unpaired) electrons. The van der Waals surface area contributed by atoms with E-state index >= 15 is 0 Å². The topological polar surface area (TPSA) is 64.9 Å². The highest BCUT2D eigenvalue weighted by Crippen LogP contribution is 2.38. The number of hydrogen-bond donors (Lipinski definition) is 1. The van der Waals surface area contributed by atoms with Crippen LogP contribution in [-0.2, 0) is 0 Å². The van der Waals surface area contributed by atoms with Crippen molar-refractivity contribution in [3.63, 3.8) is 0 Å². The van der Waals surface area contributed by atoms with Gasteiger partial charge in [-0.2, -0.15) is 5.10 Å². The molecule has 134 valence electrons. The zero-order chi connectivity index (χ0) is 18.1. The summed E-state index contributed by atoms with van der Waals surface area (Å²) in [6.45, 7) is 4.63. The van der Waals surface area contributed by atoms with Gasteiger partial charge < -0.3 is 10.1 Å². The van der Waals surface area contributed by atoms with E-state index in [0.29, 0.717) is 23.3 Å². The van der Waals surface area contributed by atoms with Gasteiger partial charge in [-0.05, 0) is 38.8 Å². The second kappa shape index (κ2) is 6.96. The maximum absolute atomic E-state index is 6.32. The van der Waals surface area contributed by atoms with E-state index in [4.69, 9.17) is 21.3 Å². The van der Waals surface area contributed by atoms with Crippen LogP contribution in [0.25, 0.3) is 5.82 Å². The zero-order valence-corrected chi connectivity index (χ0v) is 15.5. The number of anilines is 1. The van der Waals surface area contributed by atoms with Crippen LogP contribution in [-0.4, -0.2) is 26.4 Å². The van der Waals surface area contributed by atoms with Crippen molar-refractivity contribution in [2.45, 2.75) is 32.7 Å². The molecule has 1 aliphatic rings. The van der Waals surface area contributed by atoms with E-state index in [1.807, 2.05) is 38.1 Å². The maximum Gasteiger partial charge on any atom is 0.174 e. The SMILES string of the molecule is Cc1cc(C)n(-c2cncc(NC3CCCOc4c(Cl)cccc43)n2)n1. The number of fused-ring (bicyclic) bond motifs is 1. The lowest BCUT2D eigenvalue weighted by molar-refractivity contribution is 0.316. The van der Waals surface area contributed by atoms with Gasteiger partial charge in [-0.15, -0.1) is 0 Å². The molecule has 3 aromatic rings. The molecular weight excluding hydrogens is 350 g/mol. The molecule has 0 bridgehead atoms. The van der Waals surface area contributed by atoms with Gasteiger partial charge in [0, 0.05) is 11.3 Å². The number of para-hydroxylation sites is 1. The summed E-state index contributed by atoms with van der Waals surface area (Å²) in [7, 11) is 0. The number of aromatic nitrogens is 4. The van der Waals surface area contributed by atoms with Crippen molar-refractivity contribution in [2.75, 3.05) is 11.9 Å². The Bertz CT molecular complexity index is 939. The number of halogens is 1. The standard InChI is InChI=1S/C19H20ClN5O/c1-12-9-13(2)25(24-12)18-11-21-10-17(23-18)22-16-7-4-8-26-19-14(16)5-3-6-15(19)20/h3,5-6,9-11,16H,4,7-8H2,1-2H3,(H,22,23). The predicted molar refractivity (Wildman–Crippen MR) is 101 cm³/mol. The van der Waals surface area contributed by atoms with E-state index in [1.54, 1.807) is 17.1 Å². The molecule has 7 heteroatoms. The third-order valence-corrected chi connectivity index (χ3v) is 4.72. The fourth-order valence-electron chi connectivity index (χ4n) is 3.29. The van der Waals surface area contributed by atoms with Gasteiger partial charge in [0.2, 0.25) is 0 Å². The predicted octanol–water partition coefficient (Wildman–Crippen LogP) is 4.26. The van der Waals surface area contributed by atoms with Crippen LogP contribution in [0, 0.1) is 13.8 Å². The number of hydrogen-bond acceptors (Lipinski definition) is 5. The molecule has 0 amide bonds. The molecule has 1 N–H and O–H groups in total. The van der Waals surface area contributed by atoms with Crippen molar-refractivity contribution in [1.29, 1.82) is 0 Å². The van der Waals surface area contributed by atoms with Gasteiger partial charge in [-0.25, -0.2) is 9.67 Å². The minimum Gasteiger partial charge on any atom is -0.492 e. The van der Waals surface area contributed by atoms with E-state index < -0.39 is 0 Å². The molecule has 6 nitrogen and oxygen atoms in total. The Balaban J connectivity index is 1.65. The van der Waals surface area contributed by atoms with Crippen LogP contribution in [0.4, 0.5) is 5.82 Å². The number of benzene rings is 1. The van der Waals surface area contributed by atoms with Crippen molar-refractivity contribution in [3.05, 3.63) is 58.6 Å². The lowest BCUT2D eigenvalue weighted by Crippen LogP contribution is -2.13. The largest absolute Gasteiger partial charge is 0.492 e. The van der Waals surface area contributed by atoms with Gasteiger partial charge >= 0.3 is 0 Å². The molecule has 1 aromatic carbocycles. The first-order chi connectivity index (χ1) is 12.6. The quantitative estimate of drug-likeness (QED) is 0.747. The summed E-state index contributed by atoms with van der Waals surface area (Å²) in [5.41, 5.74) is 3.02. The number of ether oxygens (including phenoxy) is 1. The summed E-state index contributed by atoms with van der Waals surface area (Å²) < 4.78 is 7.64. The Morgan fingerprint density at radius 2 is 2.15 bits per heavy atom. The first-order valence-corrected chi connectivity index (χ1v) is 9.03. The summed E-state index contributed by atoms with van der Waals surface area (Å²) in [5, 5.41) is 8.60. The average molecular weight is 370 g/mol. The Morgan fingerprint density at radius 3 is 2.96 bits per heavy atom. The zero-order valence-electron chi connectivity index (χ0n) is 14.7. The van der Waals surface area contributed by atoms with Crippen molar-refractivity contribution in [2.24, 2.45) is 0 Å². The van der Waals surface area contributed by atoms with E-state index in [0.717, 1.165) is 35.5 Å². The van der Waals surface area contributed by atoms with Gasteiger partial charge in [0.1, 0.15) is 11.6 Å². The molecule has 1 atom stereocenters. The fourth-order valence-corrected chi connectivity index (χ4v) is 3.52. The van der Waals surface area contributed by atoms with E-state index in [1.165, 1.54) is 0 Å². The molecule has 2 aromatic heterocycles. The summed E-state index contributed by atoms with van der Waals surface area (Å²) in [6, 6.07) is 7.93. The number of aryl methyl sites for hydroxylation is 2. The van der Waals surface area contributed by atoms with Crippen LogP contribution in [0.3, 0.4) is 0 Å². The summed E-state index contributed by atoms with van der Waals surface area (Å²) in [6.07, 6.45) is 5.31. The fraction of sp³-hybridized carbons (Fsp3) is 0.316. The average Bonchev–Trinajstić information content (AvgIpc) is 2.84. The second-order valence-electron chi connectivity index (χ2n) is 6.45. The molecule has 26 heavy (non-hydrogen) atoms. The lowest BCUT2D eigenvalue weighted by atomic mass is 10.0. The normalized spacial score (nSPS) is 16.5. The monoisotopic (exact) mass is 369 g/mol. The van der Waals surface area contributed by atoms with Crippen LogP contribution >= 0.6 is 11.6 Å². The van der Waals surface area contributed by atoms with Gasteiger partial charge in [0.25, 0.3) is 0 Å². The highest BCUT2D eigenvalue weighted by molar-refractivity contribution is 6.32. The Hall–Kier alpha value is -2.60. The molecule has 1 aliphatic heterocycles. The second-order valence-corrected chi connectivity index (χ2v) is 6.85. The van der Waals surface area contributed by atoms with Crippen molar-refractivity contribution < 1.29 is 4.74 Å². The van der Waals surface area contributed by atoms with E-state index in [2.05, 4.69) is 15.4 Å². The number of nitrogens with zero attached hydrogens (tertiary/aromatic N) is 4. The first kappa shape index (κ1) is 16.8. The third kappa shape index (κ3) is 3.24. The minimum atomic E-state index is 0.0659. The van der Waals surface area contributed by atoms with Crippen LogP contribution in [0.15, 0.2) is 36.7 Å². The summed E-state index contributed by atoms with van der Waals surface area (Å²) >= 11 is 6.32. The first-order valence-electron chi connectivity index (χ1n) is 8.65. The molecular formula is C19H20ClN5O. The van der Waals surface area contributed by atoms with Gasteiger partial charge in [-0.3, -0.25) is 4.98 Å². The smallest absolute Gasteiger partial charge is 0.174 e. The summed E-state index contributed by atoms with van der Waals surface area (Å²) in [4.78, 5) is 9.02. The molecule has 0 spiro atoms. The Morgan fingerprint density at radius 1 is 1.27 bits per heavy atom. The van der Waals surface area contributed by atoms with Crippen LogP contribution in [0.5, 0.6) is 5.75 Å². The van der Waals surface area contributed by atoms with E-state index in [-0.39, 0.29) is 6.04 Å². The van der Waals surface area contributed by atoms with Crippen LogP contribution in [0.1, 0.15) is 35.8 Å². The van der Waals surface area contributed by atoms with Gasteiger partial charge in [0.05, 0.1) is 35.8 Å². The molecule has 4 rings (SSSR count). The minimum absolute atomic E-state index is 0.0659. The van der Waals surface area contributed by atoms with E-state index in [9.17, 15) is 0 Å². The number of nitrogens with one attached hydrogen (secondary N) is 1. The van der Waals surface area contributed by atoms with Crippen molar-refractivity contribution in [3.8, 4) is 11.6 Å². The third-order valence-electron chi connectivity index (χ3n) is 4.43. The molecule has 0 fully saturated rings. The van der Waals surface area contributed by atoms with Gasteiger partial charge in [-0.1, -0.05) is 23.7 Å². The van der Waals surface area contributed by atoms with Gasteiger partial charge in [0.15, 0.2) is 5.82 Å². The maximum atomic E-state index is 6.32. The number of rotatable bonds is 3. The molecule has 0 saturated carbocycles. The van der Waals surface area contributed by atoms with Crippen LogP contribution in [0.2, 0.25) is 5.02 Å². The Kier molecular flexibility index (Phi) is 4.51. The Labute approximate surface area is 157 Å². The lowest BCUT2D eigenvalue weighted by Gasteiger charge is -2.19. The molecule has 3 heterocycles. The van der Waals surface area contributed by atoms with Crippen molar-refractivity contribution >= 4 is 17.4 Å². The molecule has 0 aliphatic carbocycles. The highest BCUT2D eigenvalue weighted by Gasteiger charge is 2.22. The summed E-state index contributed by atoms with van der Waals surface area (Å²) in [5.74, 6) is 2.15. The highest BCUT2D eigenvalue weighted by atomic mass is 35.5. The molecule has 1 unspecified atom stereocenters. The van der Waals surface area contributed by atoms with Crippen molar-refractivity contribution in [1.82, 2.24) is 19.7 Å². The van der Waals surface area contributed by atoms with Crippen LogP contribution < -0.4 is 10.1 Å².